The number of rotatable bonds is 4. The van der Waals surface area contributed by atoms with Gasteiger partial charge in [-0.25, -0.2) is 13.6 Å². The number of alkyl halides is 3. The maximum absolute atomic E-state index is 13.2. The molecule has 5 nitrogen and oxygen atoms in total. The second-order valence-electron chi connectivity index (χ2n) is 6.49. The van der Waals surface area contributed by atoms with Crippen molar-refractivity contribution in [3.05, 3.63) is 59.7 Å². The minimum absolute atomic E-state index is 0.00549. The Kier molecular flexibility index (Phi) is 7.73. The molecule has 1 amide bonds. The van der Waals surface area contributed by atoms with E-state index in [1.54, 1.807) is 0 Å². The van der Waals surface area contributed by atoms with Gasteiger partial charge in [-0.2, -0.15) is 13.2 Å². The van der Waals surface area contributed by atoms with Gasteiger partial charge in [-0.1, -0.05) is 18.2 Å². The largest absolute Gasteiger partial charge is 0.490 e. The number of para-hydroxylation sites is 2. The summed E-state index contributed by atoms with van der Waals surface area (Å²) in [5, 5.41) is 10.00. The Balaban J connectivity index is 0.000000396. The molecule has 1 fully saturated rings. The molecule has 0 atom stereocenters. The van der Waals surface area contributed by atoms with E-state index >= 15 is 0 Å². The Bertz CT molecular complexity index is 896. The summed E-state index contributed by atoms with van der Waals surface area (Å²) < 4.78 is 57.9. The van der Waals surface area contributed by atoms with E-state index in [0.29, 0.717) is 5.56 Å². The minimum atomic E-state index is -5.08. The van der Waals surface area contributed by atoms with Crippen LogP contribution >= 0.6 is 0 Å². The quantitative estimate of drug-likeness (QED) is 0.707. The van der Waals surface area contributed by atoms with Crippen LogP contribution in [0.5, 0.6) is 0 Å². The summed E-state index contributed by atoms with van der Waals surface area (Å²) in [4.78, 5) is 23.3. The number of carboxylic acid groups (broad SMARTS) is 1. The van der Waals surface area contributed by atoms with Crippen LogP contribution in [0.4, 0.5) is 33.3 Å². The SMILES string of the molecule is O=C(Cc1ccc(F)c(F)c1)Nc1ccccc1N1CCCC1.O=C(O)C(F)(F)F. The topological polar surface area (TPSA) is 69.6 Å². The van der Waals surface area contributed by atoms with E-state index in [-0.39, 0.29) is 12.3 Å². The molecule has 0 aliphatic carbocycles. The van der Waals surface area contributed by atoms with Crippen molar-refractivity contribution in [1.82, 2.24) is 0 Å². The molecule has 30 heavy (non-hydrogen) atoms. The maximum Gasteiger partial charge on any atom is 0.490 e. The second-order valence-corrected chi connectivity index (χ2v) is 6.49. The van der Waals surface area contributed by atoms with E-state index in [4.69, 9.17) is 9.90 Å². The fraction of sp³-hybridized carbons (Fsp3) is 0.300. The van der Waals surface area contributed by atoms with Crippen LogP contribution in [-0.2, 0) is 16.0 Å². The van der Waals surface area contributed by atoms with Gasteiger partial charge >= 0.3 is 12.1 Å². The van der Waals surface area contributed by atoms with Gasteiger partial charge in [0.15, 0.2) is 11.6 Å². The van der Waals surface area contributed by atoms with Gasteiger partial charge in [-0.05, 0) is 42.7 Å². The lowest BCUT2D eigenvalue weighted by Gasteiger charge is -2.21. The third kappa shape index (κ3) is 6.71. The Morgan fingerprint density at radius 2 is 1.60 bits per heavy atom. The van der Waals surface area contributed by atoms with Crippen molar-refractivity contribution in [2.75, 3.05) is 23.3 Å². The number of benzene rings is 2. The zero-order valence-electron chi connectivity index (χ0n) is 15.7. The van der Waals surface area contributed by atoms with Crippen LogP contribution in [0.25, 0.3) is 0 Å². The molecule has 2 aromatic rings. The first-order valence-electron chi connectivity index (χ1n) is 8.96. The highest BCUT2D eigenvalue weighted by Gasteiger charge is 2.38. The number of anilines is 2. The van der Waals surface area contributed by atoms with Crippen molar-refractivity contribution < 1.29 is 36.6 Å². The molecule has 0 radical (unpaired) electrons. The fourth-order valence-electron chi connectivity index (χ4n) is 2.84. The first kappa shape index (κ1) is 23.1. The highest BCUT2D eigenvalue weighted by Crippen LogP contribution is 2.28. The molecule has 1 aliphatic rings. The summed E-state index contributed by atoms with van der Waals surface area (Å²) >= 11 is 0. The second kappa shape index (κ2) is 10.0. The van der Waals surface area contributed by atoms with E-state index in [0.717, 1.165) is 49.4 Å². The van der Waals surface area contributed by atoms with Crippen molar-refractivity contribution >= 4 is 23.3 Å². The maximum atomic E-state index is 13.2. The summed E-state index contributed by atoms with van der Waals surface area (Å²) in [6.07, 6.45) is -2.78. The van der Waals surface area contributed by atoms with Crippen LogP contribution in [-0.4, -0.2) is 36.2 Å². The molecule has 1 aliphatic heterocycles. The van der Waals surface area contributed by atoms with Gasteiger partial charge in [0.05, 0.1) is 17.8 Å². The number of amides is 1. The summed E-state index contributed by atoms with van der Waals surface area (Å²) in [7, 11) is 0. The molecule has 3 rings (SSSR count). The molecule has 162 valence electrons. The number of halogens is 5. The van der Waals surface area contributed by atoms with Crippen LogP contribution in [0.15, 0.2) is 42.5 Å². The van der Waals surface area contributed by atoms with Crippen molar-refractivity contribution in [3.8, 4) is 0 Å². The standard InChI is InChI=1S/C18H18F2N2O.C2HF3O2/c19-14-8-7-13(11-15(14)20)12-18(23)21-16-5-1-2-6-17(16)22-9-3-4-10-22;3-2(4,5)1(6)7/h1-2,5-8,11H,3-4,9-10,12H2,(H,21,23);(H,6,7). The van der Waals surface area contributed by atoms with Crippen molar-refractivity contribution in [1.29, 1.82) is 0 Å². The Hall–Kier alpha value is -3.17. The Morgan fingerprint density at radius 3 is 2.17 bits per heavy atom. The van der Waals surface area contributed by atoms with E-state index in [1.807, 2.05) is 24.3 Å². The van der Waals surface area contributed by atoms with Crippen LogP contribution in [0.2, 0.25) is 0 Å². The predicted octanol–water partition coefficient (Wildman–Crippen LogP) is 4.38. The first-order valence-corrected chi connectivity index (χ1v) is 8.96. The number of aliphatic carboxylic acids is 1. The van der Waals surface area contributed by atoms with Gasteiger partial charge in [0, 0.05) is 13.1 Å². The molecule has 0 saturated carbocycles. The number of carboxylic acids is 1. The monoisotopic (exact) mass is 430 g/mol. The van der Waals surface area contributed by atoms with Crippen LogP contribution in [0, 0.1) is 11.6 Å². The number of nitrogens with zero attached hydrogens (tertiary/aromatic N) is 1. The van der Waals surface area contributed by atoms with Gasteiger partial charge in [0.25, 0.3) is 0 Å². The Morgan fingerprint density at radius 1 is 1.00 bits per heavy atom. The van der Waals surface area contributed by atoms with E-state index in [2.05, 4.69) is 10.2 Å². The number of hydrogen-bond donors (Lipinski definition) is 2. The van der Waals surface area contributed by atoms with Crippen molar-refractivity contribution in [2.24, 2.45) is 0 Å². The molecule has 0 bridgehead atoms. The molecule has 2 aromatic carbocycles. The van der Waals surface area contributed by atoms with Gasteiger partial charge in [0.2, 0.25) is 5.91 Å². The zero-order valence-corrected chi connectivity index (χ0v) is 15.7. The number of nitrogens with one attached hydrogen (secondary N) is 1. The van der Waals surface area contributed by atoms with Gasteiger partial charge < -0.3 is 15.3 Å². The predicted molar refractivity (Wildman–Crippen MR) is 100 cm³/mol. The van der Waals surface area contributed by atoms with Gasteiger partial charge in [-0.15, -0.1) is 0 Å². The van der Waals surface area contributed by atoms with Crippen LogP contribution in [0.1, 0.15) is 18.4 Å². The normalized spacial score (nSPS) is 13.4. The lowest BCUT2D eigenvalue weighted by Crippen LogP contribution is -2.21. The average molecular weight is 430 g/mol. The minimum Gasteiger partial charge on any atom is -0.475 e. The third-order valence-corrected chi connectivity index (χ3v) is 4.22. The first-order chi connectivity index (χ1) is 14.1. The molecule has 10 heteroatoms. The van der Waals surface area contributed by atoms with Crippen LogP contribution < -0.4 is 10.2 Å². The fourth-order valence-corrected chi connectivity index (χ4v) is 2.84. The number of carbonyl (C=O) groups excluding carboxylic acids is 1. The molecular weight excluding hydrogens is 411 g/mol. The van der Waals surface area contributed by atoms with Crippen molar-refractivity contribution in [2.45, 2.75) is 25.4 Å². The van der Waals surface area contributed by atoms with Crippen molar-refractivity contribution in [3.63, 3.8) is 0 Å². The van der Waals surface area contributed by atoms with Gasteiger partial charge in [0.1, 0.15) is 0 Å². The molecule has 1 saturated heterocycles. The summed E-state index contributed by atoms with van der Waals surface area (Å²) in [6.45, 7) is 1.96. The molecular formula is C20H19F5N2O3. The lowest BCUT2D eigenvalue weighted by molar-refractivity contribution is -0.192. The van der Waals surface area contributed by atoms with E-state index in [1.165, 1.54) is 6.07 Å². The van der Waals surface area contributed by atoms with E-state index in [9.17, 15) is 26.7 Å². The molecule has 2 N–H and O–H groups in total. The average Bonchev–Trinajstić information content (AvgIpc) is 3.19. The third-order valence-electron chi connectivity index (χ3n) is 4.22. The number of hydrogen-bond acceptors (Lipinski definition) is 3. The molecule has 0 unspecified atom stereocenters. The Labute approximate surface area is 169 Å². The zero-order chi connectivity index (χ0) is 22.3. The van der Waals surface area contributed by atoms with Gasteiger partial charge in [-0.3, -0.25) is 4.79 Å². The summed E-state index contributed by atoms with van der Waals surface area (Å²) in [5.41, 5.74) is 2.20. The molecule has 1 heterocycles. The van der Waals surface area contributed by atoms with E-state index < -0.39 is 23.8 Å². The molecule has 0 aromatic heterocycles. The number of carbonyl (C=O) groups is 2. The smallest absolute Gasteiger partial charge is 0.475 e. The summed E-state index contributed by atoms with van der Waals surface area (Å²) in [5.74, 6) is -4.85. The highest BCUT2D eigenvalue weighted by atomic mass is 19.4. The molecule has 0 spiro atoms. The van der Waals surface area contributed by atoms with Crippen LogP contribution in [0.3, 0.4) is 0 Å². The highest BCUT2D eigenvalue weighted by molar-refractivity contribution is 5.95. The lowest BCUT2D eigenvalue weighted by atomic mass is 10.1. The summed E-state index contributed by atoms with van der Waals surface area (Å²) in [6, 6.07) is 11.2.